The van der Waals surface area contributed by atoms with E-state index in [4.69, 9.17) is 0 Å². The van der Waals surface area contributed by atoms with Crippen LogP contribution in [0, 0.1) is 5.82 Å². The summed E-state index contributed by atoms with van der Waals surface area (Å²) < 4.78 is 14.8. The summed E-state index contributed by atoms with van der Waals surface area (Å²) in [6.45, 7) is 7.90. The number of thiazole rings is 1. The van der Waals surface area contributed by atoms with Crippen LogP contribution >= 0.6 is 11.3 Å². The van der Waals surface area contributed by atoms with Gasteiger partial charge in [0.15, 0.2) is 0 Å². The number of halogens is 1. The van der Waals surface area contributed by atoms with E-state index in [0.717, 1.165) is 31.0 Å². The molecule has 1 fully saturated rings. The van der Waals surface area contributed by atoms with E-state index in [9.17, 15) is 9.50 Å². The van der Waals surface area contributed by atoms with E-state index in [1.807, 2.05) is 22.7 Å². The molecule has 4 rings (SSSR count). The number of aliphatic hydroxyl groups is 1. The fourth-order valence-electron chi connectivity index (χ4n) is 3.72. The molecule has 0 saturated carbocycles. The molecule has 0 radical (unpaired) electrons. The number of para-hydroxylation sites is 1. The highest BCUT2D eigenvalue weighted by Crippen LogP contribution is 2.34. The average Bonchev–Trinajstić information content (AvgIpc) is 3.29. The number of nitrogens with zero attached hydrogens (tertiary/aromatic N) is 5. The average molecular weight is 428 g/mol. The lowest BCUT2D eigenvalue weighted by atomic mass is 10.0. The highest BCUT2D eigenvalue weighted by Gasteiger charge is 2.26. The van der Waals surface area contributed by atoms with E-state index in [1.165, 1.54) is 17.4 Å². The Kier molecular flexibility index (Phi) is 6.36. The van der Waals surface area contributed by atoms with Gasteiger partial charge in [0.2, 0.25) is 0 Å². The first kappa shape index (κ1) is 20.8. The van der Waals surface area contributed by atoms with Crippen LogP contribution in [0.1, 0.15) is 47.8 Å². The normalized spacial score (nSPS) is 16.2. The summed E-state index contributed by atoms with van der Waals surface area (Å²) in [7, 11) is 0. The largest absolute Gasteiger partial charge is 0.381 e. The maximum absolute atomic E-state index is 14.8. The third-order valence-corrected chi connectivity index (χ3v) is 6.16. The van der Waals surface area contributed by atoms with Crippen molar-refractivity contribution in [2.75, 3.05) is 31.1 Å². The standard InChI is InChI=1S/C22H26FN5OS/c1-15(2)21-25-12-16(13-26-21)14-27-7-9-28(10-8-27)19-17(4-3-5-18(19)23)20(29)22-24-6-11-30-22/h3-6,11-13,15,20,29H,7-10,14H2,1-2H3. The Balaban J connectivity index is 1.44. The maximum atomic E-state index is 14.8. The smallest absolute Gasteiger partial charge is 0.146 e. The predicted molar refractivity (Wildman–Crippen MR) is 116 cm³/mol. The SMILES string of the molecule is CC(C)c1ncc(CN2CCN(c3c(F)cccc3C(O)c3nccs3)CC2)cn1. The number of hydrogen-bond acceptors (Lipinski definition) is 7. The molecule has 1 atom stereocenters. The fourth-order valence-corrected chi connectivity index (χ4v) is 4.36. The number of rotatable bonds is 6. The minimum Gasteiger partial charge on any atom is -0.381 e. The molecule has 3 aromatic rings. The van der Waals surface area contributed by atoms with Crippen molar-refractivity contribution in [1.29, 1.82) is 0 Å². The van der Waals surface area contributed by atoms with E-state index >= 15 is 0 Å². The zero-order valence-corrected chi connectivity index (χ0v) is 18.0. The first-order valence-electron chi connectivity index (χ1n) is 10.2. The summed E-state index contributed by atoms with van der Waals surface area (Å²) in [5.41, 5.74) is 2.12. The Hall–Kier alpha value is -2.42. The molecule has 0 amide bonds. The predicted octanol–water partition coefficient (Wildman–Crippen LogP) is 3.60. The molecule has 1 unspecified atom stereocenters. The summed E-state index contributed by atoms with van der Waals surface area (Å²) in [6.07, 6.45) is 4.52. The van der Waals surface area contributed by atoms with Gasteiger partial charge < -0.3 is 10.0 Å². The summed E-state index contributed by atoms with van der Waals surface area (Å²) in [6, 6.07) is 4.87. The van der Waals surface area contributed by atoms with E-state index in [-0.39, 0.29) is 5.82 Å². The number of piperazine rings is 1. The molecule has 3 heterocycles. The van der Waals surface area contributed by atoms with Gasteiger partial charge in [-0.15, -0.1) is 11.3 Å². The molecule has 0 aliphatic carbocycles. The van der Waals surface area contributed by atoms with Crippen LogP contribution in [0.5, 0.6) is 0 Å². The van der Waals surface area contributed by atoms with Crippen LogP contribution in [0.3, 0.4) is 0 Å². The minimum atomic E-state index is -0.926. The minimum absolute atomic E-state index is 0.311. The Morgan fingerprint density at radius 3 is 2.47 bits per heavy atom. The molecule has 1 saturated heterocycles. The Labute approximate surface area is 180 Å². The molecule has 0 spiro atoms. The van der Waals surface area contributed by atoms with E-state index in [2.05, 4.69) is 33.7 Å². The van der Waals surface area contributed by atoms with Crippen molar-refractivity contribution >= 4 is 17.0 Å². The van der Waals surface area contributed by atoms with Crippen molar-refractivity contribution in [2.45, 2.75) is 32.4 Å². The molecular formula is C22H26FN5OS. The van der Waals surface area contributed by atoms with Crippen molar-refractivity contribution in [3.05, 3.63) is 69.9 Å². The molecular weight excluding hydrogens is 401 g/mol. The number of anilines is 1. The topological polar surface area (TPSA) is 65.4 Å². The van der Waals surface area contributed by atoms with Crippen LogP contribution in [0.15, 0.2) is 42.2 Å². The fraction of sp³-hybridized carbons (Fsp3) is 0.409. The molecule has 0 bridgehead atoms. The van der Waals surface area contributed by atoms with Crippen molar-refractivity contribution in [3.63, 3.8) is 0 Å². The van der Waals surface area contributed by atoms with Gasteiger partial charge in [-0.05, 0) is 6.07 Å². The molecule has 158 valence electrons. The molecule has 6 nitrogen and oxygen atoms in total. The highest BCUT2D eigenvalue weighted by atomic mass is 32.1. The Morgan fingerprint density at radius 1 is 1.10 bits per heavy atom. The van der Waals surface area contributed by atoms with E-state index < -0.39 is 6.10 Å². The van der Waals surface area contributed by atoms with Crippen LogP contribution in [-0.4, -0.2) is 51.1 Å². The molecule has 2 aromatic heterocycles. The second-order valence-electron chi connectivity index (χ2n) is 7.82. The molecule has 8 heteroatoms. The summed E-state index contributed by atoms with van der Waals surface area (Å²) in [5.74, 6) is 0.862. The lowest BCUT2D eigenvalue weighted by Gasteiger charge is -2.37. The second-order valence-corrected chi connectivity index (χ2v) is 8.74. The Bertz CT molecular complexity index is 956. The first-order chi connectivity index (χ1) is 14.5. The molecule has 30 heavy (non-hydrogen) atoms. The van der Waals surface area contributed by atoms with Gasteiger partial charge in [-0.1, -0.05) is 26.0 Å². The quantitative estimate of drug-likeness (QED) is 0.649. The number of aromatic nitrogens is 3. The third-order valence-electron chi connectivity index (χ3n) is 5.33. The lowest BCUT2D eigenvalue weighted by molar-refractivity contribution is 0.217. The number of hydrogen-bond donors (Lipinski definition) is 1. The summed E-state index contributed by atoms with van der Waals surface area (Å²) in [4.78, 5) is 17.4. The van der Waals surface area contributed by atoms with Gasteiger partial charge in [0, 0.05) is 73.7 Å². The third kappa shape index (κ3) is 4.50. The van der Waals surface area contributed by atoms with Gasteiger partial charge >= 0.3 is 0 Å². The van der Waals surface area contributed by atoms with E-state index in [1.54, 1.807) is 18.3 Å². The maximum Gasteiger partial charge on any atom is 0.146 e. The zero-order valence-electron chi connectivity index (χ0n) is 17.2. The van der Waals surface area contributed by atoms with Crippen LogP contribution in [0.25, 0.3) is 0 Å². The van der Waals surface area contributed by atoms with Gasteiger partial charge in [0.1, 0.15) is 22.8 Å². The van der Waals surface area contributed by atoms with Crippen LogP contribution in [-0.2, 0) is 6.54 Å². The van der Waals surface area contributed by atoms with Crippen molar-refractivity contribution < 1.29 is 9.50 Å². The van der Waals surface area contributed by atoms with Gasteiger partial charge in [-0.3, -0.25) is 4.90 Å². The van der Waals surface area contributed by atoms with Gasteiger partial charge in [-0.2, -0.15) is 0 Å². The Morgan fingerprint density at radius 2 is 1.83 bits per heavy atom. The number of benzene rings is 1. The van der Waals surface area contributed by atoms with Crippen molar-refractivity contribution in [2.24, 2.45) is 0 Å². The second kappa shape index (κ2) is 9.16. The van der Waals surface area contributed by atoms with Crippen LogP contribution < -0.4 is 4.90 Å². The van der Waals surface area contributed by atoms with Crippen LogP contribution in [0.2, 0.25) is 0 Å². The first-order valence-corrected chi connectivity index (χ1v) is 11.0. The van der Waals surface area contributed by atoms with Crippen molar-refractivity contribution in [1.82, 2.24) is 19.9 Å². The van der Waals surface area contributed by atoms with Gasteiger partial charge in [0.25, 0.3) is 0 Å². The summed E-state index contributed by atoms with van der Waals surface area (Å²) in [5, 5.41) is 13.1. The molecule has 1 aliphatic heterocycles. The summed E-state index contributed by atoms with van der Waals surface area (Å²) >= 11 is 1.37. The van der Waals surface area contributed by atoms with Crippen molar-refractivity contribution in [3.8, 4) is 0 Å². The highest BCUT2D eigenvalue weighted by molar-refractivity contribution is 7.09. The van der Waals surface area contributed by atoms with Gasteiger partial charge in [0.05, 0.1) is 5.69 Å². The molecule has 1 aromatic carbocycles. The lowest BCUT2D eigenvalue weighted by Crippen LogP contribution is -2.46. The van der Waals surface area contributed by atoms with Gasteiger partial charge in [-0.25, -0.2) is 19.3 Å². The van der Waals surface area contributed by atoms with E-state index in [0.29, 0.717) is 35.3 Å². The monoisotopic (exact) mass is 427 g/mol. The zero-order chi connectivity index (χ0) is 21.1. The van der Waals surface area contributed by atoms with Crippen LogP contribution in [0.4, 0.5) is 10.1 Å². The molecule has 1 aliphatic rings. The molecule has 1 N–H and O–H groups in total. The number of aliphatic hydroxyl groups excluding tert-OH is 1.